The Bertz CT molecular complexity index is 1460. The molecule has 0 saturated heterocycles. The van der Waals surface area contributed by atoms with Crippen LogP contribution in [-0.4, -0.2) is 24.0 Å². The van der Waals surface area contributed by atoms with E-state index in [1.54, 1.807) is 0 Å². The molecule has 0 aromatic heterocycles. The third-order valence-corrected chi connectivity index (χ3v) is 6.02. The number of halogens is 2. The summed E-state index contributed by atoms with van der Waals surface area (Å²) in [4.78, 5) is 37.1. The number of rotatable bonds is 12. The number of Topliss-reactive ketones (excluding diaryl/α,β-unsaturated/α-hetero) is 1. The highest BCUT2D eigenvalue weighted by Gasteiger charge is 2.21. The van der Waals surface area contributed by atoms with Crippen LogP contribution in [0.2, 0.25) is 0 Å². The molecule has 38 heavy (non-hydrogen) atoms. The van der Waals surface area contributed by atoms with Crippen LogP contribution < -0.4 is 10.6 Å². The zero-order valence-electron chi connectivity index (χ0n) is 21.0. The lowest BCUT2D eigenvalue weighted by atomic mass is 9.88. The van der Waals surface area contributed by atoms with E-state index in [1.165, 1.54) is 12.2 Å². The third-order valence-electron chi connectivity index (χ3n) is 6.02. The minimum absolute atomic E-state index is 0.000695. The molecule has 2 N–H and O–H groups in total. The highest BCUT2D eigenvalue weighted by molar-refractivity contribution is 5.99. The van der Waals surface area contributed by atoms with Gasteiger partial charge in [0.25, 0.3) is 5.91 Å². The largest absolute Gasteiger partial charge is 0.371 e. The lowest BCUT2D eigenvalue weighted by Gasteiger charge is -2.16. The van der Waals surface area contributed by atoms with E-state index < -0.39 is 17.5 Å². The summed E-state index contributed by atoms with van der Waals surface area (Å²) < 4.78 is 28.2. The Labute approximate surface area is 220 Å². The van der Waals surface area contributed by atoms with E-state index in [-0.39, 0.29) is 53.8 Å². The Morgan fingerprint density at radius 2 is 1.74 bits per heavy atom. The molecule has 3 aromatic rings. The molecular formula is C31H28F2N2O3. The second-order valence-corrected chi connectivity index (χ2v) is 8.64. The Balaban J connectivity index is 1.74. The van der Waals surface area contributed by atoms with Gasteiger partial charge in [0.2, 0.25) is 0 Å². The lowest BCUT2D eigenvalue weighted by molar-refractivity contribution is -0.118. The maximum absolute atomic E-state index is 14.1. The summed E-state index contributed by atoms with van der Waals surface area (Å²) in [6.45, 7) is 8.65. The first-order valence-corrected chi connectivity index (χ1v) is 12.0. The number of hydrogen-bond donors (Lipinski definition) is 2. The van der Waals surface area contributed by atoms with Crippen molar-refractivity contribution in [2.75, 3.05) is 6.54 Å². The Morgan fingerprint density at radius 3 is 2.47 bits per heavy atom. The molecule has 3 rings (SSSR count). The Hall–Kier alpha value is -4.61. The molecular weight excluding hydrogens is 486 g/mol. The SMILES string of the molecule is C=C=C(NC/C=C/C(=O)C=C)C(=O)NCc1cc(F)c(F)cc1C(=O)C[C@H](C)c1cccc2ccccc12. The fraction of sp³-hybridized carbons (Fsp3) is 0.161. The van der Waals surface area contributed by atoms with Crippen molar-refractivity contribution in [3.8, 4) is 0 Å². The summed E-state index contributed by atoms with van der Waals surface area (Å²) in [5, 5.41) is 7.40. The molecule has 7 heteroatoms. The van der Waals surface area contributed by atoms with E-state index in [0.717, 1.165) is 34.5 Å². The number of nitrogens with one attached hydrogen (secondary N) is 2. The zero-order valence-corrected chi connectivity index (χ0v) is 21.0. The number of carbonyl (C=O) groups is 3. The average molecular weight is 515 g/mol. The van der Waals surface area contributed by atoms with Crippen molar-refractivity contribution in [1.82, 2.24) is 10.6 Å². The predicted molar refractivity (Wildman–Crippen MR) is 145 cm³/mol. The molecule has 0 radical (unpaired) electrons. The normalized spacial score (nSPS) is 11.6. The van der Waals surface area contributed by atoms with Gasteiger partial charge in [-0.15, -0.1) is 0 Å². The van der Waals surface area contributed by atoms with Crippen molar-refractivity contribution < 1.29 is 23.2 Å². The van der Waals surface area contributed by atoms with Crippen molar-refractivity contribution in [2.45, 2.75) is 25.8 Å². The molecule has 0 heterocycles. The molecule has 5 nitrogen and oxygen atoms in total. The summed E-state index contributed by atoms with van der Waals surface area (Å²) in [6, 6.07) is 15.5. The van der Waals surface area contributed by atoms with Crippen molar-refractivity contribution in [3.05, 3.63) is 126 Å². The van der Waals surface area contributed by atoms with Gasteiger partial charge in [-0.2, -0.15) is 0 Å². The first kappa shape index (κ1) is 28.0. The highest BCUT2D eigenvalue weighted by atomic mass is 19.2. The maximum Gasteiger partial charge on any atom is 0.275 e. The summed E-state index contributed by atoms with van der Waals surface area (Å²) in [6.07, 6.45) is 4.00. The van der Waals surface area contributed by atoms with E-state index >= 15 is 0 Å². The van der Waals surface area contributed by atoms with Crippen molar-refractivity contribution in [2.24, 2.45) is 0 Å². The van der Waals surface area contributed by atoms with Gasteiger partial charge in [-0.3, -0.25) is 14.4 Å². The van der Waals surface area contributed by atoms with Gasteiger partial charge in [0, 0.05) is 25.1 Å². The van der Waals surface area contributed by atoms with Crippen LogP contribution in [0.15, 0.2) is 97.4 Å². The summed E-state index contributed by atoms with van der Waals surface area (Å²) in [5.74, 6) is -3.73. The van der Waals surface area contributed by atoms with E-state index in [4.69, 9.17) is 0 Å². The van der Waals surface area contributed by atoms with Crippen LogP contribution in [0.4, 0.5) is 8.78 Å². The second kappa shape index (κ2) is 13.1. The van der Waals surface area contributed by atoms with Crippen molar-refractivity contribution in [1.29, 1.82) is 0 Å². The summed E-state index contributed by atoms with van der Waals surface area (Å²) >= 11 is 0. The van der Waals surface area contributed by atoms with Crippen LogP contribution in [0.1, 0.15) is 40.7 Å². The number of hydrogen-bond acceptors (Lipinski definition) is 4. The monoisotopic (exact) mass is 514 g/mol. The molecule has 0 aliphatic heterocycles. The summed E-state index contributed by atoms with van der Waals surface area (Å²) in [7, 11) is 0. The molecule has 1 amide bonds. The fourth-order valence-electron chi connectivity index (χ4n) is 4.06. The number of ketones is 2. The smallest absolute Gasteiger partial charge is 0.275 e. The van der Waals surface area contributed by atoms with Gasteiger partial charge < -0.3 is 10.6 Å². The predicted octanol–water partition coefficient (Wildman–Crippen LogP) is 5.68. The zero-order chi connectivity index (χ0) is 27.7. The molecule has 0 fully saturated rings. The van der Waals surface area contributed by atoms with Crippen LogP contribution in [0, 0.1) is 11.6 Å². The molecule has 0 saturated carbocycles. The molecule has 0 spiro atoms. The summed E-state index contributed by atoms with van der Waals surface area (Å²) in [5.41, 5.74) is 3.57. The van der Waals surface area contributed by atoms with Crippen LogP contribution in [0.5, 0.6) is 0 Å². The van der Waals surface area contributed by atoms with E-state index in [0.29, 0.717) is 0 Å². The second-order valence-electron chi connectivity index (χ2n) is 8.64. The Morgan fingerprint density at radius 1 is 1.03 bits per heavy atom. The molecule has 1 atom stereocenters. The standard InChI is InChI=1S/C31H28F2N2O3/c1-4-23(36)12-9-15-34-29(5-2)31(38)35-19-22-17-27(32)28(33)18-26(22)30(37)16-20(3)24-14-8-11-21-10-6-7-13-25(21)24/h4,6-14,17-18,20,34H,1-2,15-16,19H2,3H3,(H,35,38)/b12-9+/t20-/m0/s1. The van der Waals surface area contributed by atoms with E-state index in [1.807, 2.05) is 49.4 Å². The molecule has 0 aliphatic rings. The molecule has 0 bridgehead atoms. The maximum atomic E-state index is 14.1. The van der Waals surface area contributed by atoms with Crippen LogP contribution in [-0.2, 0) is 16.1 Å². The molecule has 0 aliphatic carbocycles. The van der Waals surface area contributed by atoms with Gasteiger partial charge in [-0.1, -0.05) is 74.4 Å². The minimum Gasteiger partial charge on any atom is -0.371 e. The number of fused-ring (bicyclic) bond motifs is 1. The fourth-order valence-corrected chi connectivity index (χ4v) is 4.06. The van der Waals surface area contributed by atoms with Gasteiger partial charge >= 0.3 is 0 Å². The third kappa shape index (κ3) is 6.99. The van der Waals surface area contributed by atoms with Gasteiger partial charge in [0.05, 0.1) is 0 Å². The van der Waals surface area contributed by atoms with Gasteiger partial charge in [0.1, 0.15) is 5.70 Å². The quantitative estimate of drug-likeness (QED) is 0.185. The molecule has 194 valence electrons. The van der Waals surface area contributed by atoms with Crippen LogP contribution in [0.3, 0.4) is 0 Å². The number of benzene rings is 3. The van der Waals surface area contributed by atoms with Crippen molar-refractivity contribution >= 4 is 28.2 Å². The number of amides is 1. The molecule has 0 unspecified atom stereocenters. The lowest BCUT2D eigenvalue weighted by Crippen LogP contribution is -2.31. The van der Waals surface area contributed by atoms with Gasteiger partial charge in [0.15, 0.2) is 23.2 Å². The van der Waals surface area contributed by atoms with Crippen LogP contribution >= 0.6 is 0 Å². The number of allylic oxidation sites excluding steroid dienone is 2. The Kier molecular flexibility index (Phi) is 9.63. The van der Waals surface area contributed by atoms with Crippen molar-refractivity contribution in [3.63, 3.8) is 0 Å². The average Bonchev–Trinajstić information content (AvgIpc) is 2.92. The number of carbonyl (C=O) groups excluding carboxylic acids is 3. The van der Waals surface area contributed by atoms with Crippen LogP contribution in [0.25, 0.3) is 10.8 Å². The van der Waals surface area contributed by atoms with Gasteiger partial charge in [-0.25, -0.2) is 8.78 Å². The first-order valence-electron chi connectivity index (χ1n) is 12.0. The first-order chi connectivity index (χ1) is 18.2. The topological polar surface area (TPSA) is 75.3 Å². The molecule has 3 aromatic carbocycles. The highest BCUT2D eigenvalue weighted by Crippen LogP contribution is 2.29. The van der Waals surface area contributed by atoms with E-state index in [2.05, 4.69) is 29.5 Å². The minimum atomic E-state index is -1.14. The van der Waals surface area contributed by atoms with E-state index in [9.17, 15) is 23.2 Å². The van der Waals surface area contributed by atoms with Gasteiger partial charge in [-0.05, 0) is 52.1 Å².